The summed E-state index contributed by atoms with van der Waals surface area (Å²) in [5.74, 6) is 2.27. The molecule has 0 N–H and O–H groups in total. The molecule has 2 aromatic rings. The van der Waals surface area contributed by atoms with Crippen molar-refractivity contribution >= 4 is 12.2 Å². The minimum atomic E-state index is 0.733. The molecule has 0 unspecified atom stereocenters. The third kappa shape index (κ3) is 2.68. The lowest BCUT2D eigenvalue weighted by Crippen LogP contribution is -1.94. The van der Waals surface area contributed by atoms with Gasteiger partial charge in [-0.1, -0.05) is 43.5 Å². The van der Waals surface area contributed by atoms with E-state index in [1.54, 1.807) is 19.3 Å². The Bertz CT molecular complexity index is 586. The van der Waals surface area contributed by atoms with Crippen LogP contribution in [-0.2, 0) is 0 Å². The van der Waals surface area contributed by atoms with Crippen LogP contribution in [0.15, 0.2) is 55.6 Å². The van der Waals surface area contributed by atoms with Gasteiger partial charge in [0.15, 0.2) is 0 Å². The maximum absolute atomic E-state index is 5.87. The van der Waals surface area contributed by atoms with Gasteiger partial charge in [-0.3, -0.25) is 0 Å². The Morgan fingerprint density at radius 2 is 1.42 bits per heavy atom. The highest BCUT2D eigenvalue weighted by atomic mass is 16.5. The Kier molecular flexibility index (Phi) is 4.04. The average molecular weight is 252 g/mol. The molecular formula is C17H16O2. The van der Waals surface area contributed by atoms with E-state index in [0.717, 1.165) is 28.4 Å². The van der Waals surface area contributed by atoms with Crippen molar-refractivity contribution in [2.24, 2.45) is 0 Å². The summed E-state index contributed by atoms with van der Waals surface area (Å²) in [6, 6.07) is 13.4. The smallest absolute Gasteiger partial charge is 0.135 e. The summed E-state index contributed by atoms with van der Waals surface area (Å²) in [5.41, 5.74) is 1.75. The van der Waals surface area contributed by atoms with E-state index in [2.05, 4.69) is 13.2 Å². The lowest BCUT2D eigenvalue weighted by atomic mass is 10.0. The lowest BCUT2D eigenvalue weighted by Gasteiger charge is -2.14. The monoisotopic (exact) mass is 252 g/mol. The van der Waals surface area contributed by atoms with Crippen LogP contribution in [0, 0.1) is 0 Å². The molecule has 2 heteroatoms. The van der Waals surface area contributed by atoms with Crippen molar-refractivity contribution in [2.75, 3.05) is 7.11 Å². The van der Waals surface area contributed by atoms with Crippen LogP contribution in [0.25, 0.3) is 12.2 Å². The van der Waals surface area contributed by atoms with Crippen molar-refractivity contribution in [3.63, 3.8) is 0 Å². The van der Waals surface area contributed by atoms with Crippen molar-refractivity contribution in [3.05, 3.63) is 66.7 Å². The van der Waals surface area contributed by atoms with Crippen molar-refractivity contribution in [1.29, 1.82) is 0 Å². The SMILES string of the molecule is C=Cc1c(OC)ccc(Oc2ccccc2)c1C=C. The van der Waals surface area contributed by atoms with Crippen LogP contribution in [0.4, 0.5) is 0 Å². The third-order valence-corrected chi connectivity index (χ3v) is 2.81. The summed E-state index contributed by atoms with van der Waals surface area (Å²) >= 11 is 0. The molecule has 0 saturated carbocycles. The van der Waals surface area contributed by atoms with E-state index >= 15 is 0 Å². The highest BCUT2D eigenvalue weighted by Crippen LogP contribution is 2.34. The van der Waals surface area contributed by atoms with Crippen LogP contribution in [-0.4, -0.2) is 7.11 Å². The fourth-order valence-electron chi connectivity index (χ4n) is 1.90. The molecule has 0 fully saturated rings. The van der Waals surface area contributed by atoms with E-state index in [1.807, 2.05) is 42.5 Å². The predicted octanol–water partition coefficient (Wildman–Crippen LogP) is 4.77. The molecule has 0 atom stereocenters. The summed E-state index contributed by atoms with van der Waals surface area (Å²) in [5, 5.41) is 0. The van der Waals surface area contributed by atoms with Gasteiger partial charge in [0.25, 0.3) is 0 Å². The molecule has 2 rings (SSSR count). The molecule has 0 spiro atoms. The molecule has 0 bridgehead atoms. The van der Waals surface area contributed by atoms with Crippen molar-refractivity contribution in [1.82, 2.24) is 0 Å². The Hall–Kier alpha value is -2.48. The van der Waals surface area contributed by atoms with E-state index in [0.29, 0.717) is 0 Å². The van der Waals surface area contributed by atoms with Crippen molar-refractivity contribution in [3.8, 4) is 17.2 Å². The van der Waals surface area contributed by atoms with Gasteiger partial charge < -0.3 is 9.47 Å². The van der Waals surface area contributed by atoms with Gasteiger partial charge in [-0.05, 0) is 24.3 Å². The molecule has 0 heterocycles. The maximum atomic E-state index is 5.87. The number of hydrogen-bond donors (Lipinski definition) is 0. The molecule has 0 amide bonds. The van der Waals surface area contributed by atoms with Gasteiger partial charge in [0, 0.05) is 11.1 Å². The number of ether oxygens (including phenoxy) is 2. The van der Waals surface area contributed by atoms with Gasteiger partial charge in [-0.25, -0.2) is 0 Å². The van der Waals surface area contributed by atoms with Gasteiger partial charge in [0.05, 0.1) is 7.11 Å². The first-order chi connectivity index (χ1) is 9.30. The van der Waals surface area contributed by atoms with Crippen molar-refractivity contribution in [2.45, 2.75) is 0 Å². The van der Waals surface area contributed by atoms with Gasteiger partial charge in [0.1, 0.15) is 17.2 Å². The predicted molar refractivity (Wildman–Crippen MR) is 79.7 cm³/mol. The first-order valence-electron chi connectivity index (χ1n) is 5.99. The Balaban J connectivity index is 2.46. The van der Waals surface area contributed by atoms with Crippen LogP contribution in [0.5, 0.6) is 17.2 Å². The summed E-state index contributed by atoms with van der Waals surface area (Å²) in [4.78, 5) is 0. The zero-order valence-electron chi connectivity index (χ0n) is 10.9. The molecule has 2 aromatic carbocycles. The molecule has 2 nitrogen and oxygen atoms in total. The normalized spacial score (nSPS) is 9.74. The first kappa shape index (κ1) is 13.0. The van der Waals surface area contributed by atoms with E-state index < -0.39 is 0 Å². The summed E-state index contributed by atoms with van der Waals surface area (Å²) in [6.07, 6.45) is 3.49. The summed E-state index contributed by atoms with van der Waals surface area (Å²) in [6.45, 7) is 7.65. The third-order valence-electron chi connectivity index (χ3n) is 2.81. The zero-order chi connectivity index (χ0) is 13.7. The average Bonchev–Trinajstić information content (AvgIpc) is 2.47. The topological polar surface area (TPSA) is 18.5 Å². The van der Waals surface area contributed by atoms with E-state index in [4.69, 9.17) is 9.47 Å². The standard InChI is InChI=1S/C17H16O2/c1-4-14-15(5-2)17(12-11-16(14)18-3)19-13-9-7-6-8-10-13/h4-12H,1-2H2,3H3. The van der Waals surface area contributed by atoms with Gasteiger partial charge >= 0.3 is 0 Å². The van der Waals surface area contributed by atoms with E-state index in [1.165, 1.54) is 0 Å². The number of rotatable bonds is 5. The fourth-order valence-corrected chi connectivity index (χ4v) is 1.90. The lowest BCUT2D eigenvalue weighted by molar-refractivity contribution is 0.411. The van der Waals surface area contributed by atoms with Crippen LogP contribution in [0.1, 0.15) is 11.1 Å². The second-order valence-electron chi connectivity index (χ2n) is 3.92. The maximum Gasteiger partial charge on any atom is 0.135 e. The second-order valence-corrected chi connectivity index (χ2v) is 3.92. The number of hydrogen-bond acceptors (Lipinski definition) is 2. The van der Waals surface area contributed by atoms with E-state index in [-0.39, 0.29) is 0 Å². The van der Waals surface area contributed by atoms with E-state index in [9.17, 15) is 0 Å². The molecule has 0 aliphatic rings. The minimum absolute atomic E-state index is 0.733. The number of benzene rings is 2. The first-order valence-corrected chi connectivity index (χ1v) is 5.99. The highest BCUT2D eigenvalue weighted by Gasteiger charge is 2.10. The molecule has 0 aromatic heterocycles. The number of methoxy groups -OCH3 is 1. The van der Waals surface area contributed by atoms with Gasteiger partial charge in [-0.2, -0.15) is 0 Å². The molecule has 0 aliphatic carbocycles. The van der Waals surface area contributed by atoms with Crippen LogP contribution in [0.2, 0.25) is 0 Å². The minimum Gasteiger partial charge on any atom is -0.496 e. The Labute approximate surface area is 113 Å². The molecule has 0 saturated heterocycles. The molecule has 0 radical (unpaired) electrons. The fraction of sp³-hybridized carbons (Fsp3) is 0.0588. The van der Waals surface area contributed by atoms with Crippen LogP contribution >= 0.6 is 0 Å². The van der Waals surface area contributed by atoms with Gasteiger partial charge in [-0.15, -0.1) is 0 Å². The second kappa shape index (κ2) is 5.91. The van der Waals surface area contributed by atoms with Gasteiger partial charge in [0.2, 0.25) is 0 Å². The highest BCUT2D eigenvalue weighted by molar-refractivity contribution is 5.73. The molecule has 0 aliphatic heterocycles. The Morgan fingerprint density at radius 3 is 2.00 bits per heavy atom. The van der Waals surface area contributed by atoms with Crippen molar-refractivity contribution < 1.29 is 9.47 Å². The quantitative estimate of drug-likeness (QED) is 0.762. The molecule has 96 valence electrons. The molecular weight excluding hydrogens is 236 g/mol. The van der Waals surface area contributed by atoms with Crippen LogP contribution < -0.4 is 9.47 Å². The number of para-hydroxylation sites is 1. The summed E-state index contributed by atoms with van der Waals surface area (Å²) in [7, 11) is 1.63. The zero-order valence-corrected chi connectivity index (χ0v) is 10.9. The summed E-state index contributed by atoms with van der Waals surface area (Å²) < 4.78 is 11.2. The van der Waals surface area contributed by atoms with Crippen LogP contribution in [0.3, 0.4) is 0 Å². The largest absolute Gasteiger partial charge is 0.496 e. The Morgan fingerprint density at radius 1 is 0.842 bits per heavy atom. The molecule has 19 heavy (non-hydrogen) atoms.